The average Bonchev–Trinajstić information content (AvgIpc) is 2.35. The third-order valence-electron chi connectivity index (χ3n) is 2.57. The van der Waals surface area contributed by atoms with Gasteiger partial charge in [-0.15, -0.1) is 0 Å². The lowest BCUT2D eigenvalue weighted by Crippen LogP contribution is -2.20. The van der Waals surface area contributed by atoms with Crippen molar-refractivity contribution in [3.8, 4) is 6.07 Å². The lowest BCUT2D eigenvalue weighted by molar-refractivity contribution is -0.137. The number of amides is 1. The van der Waals surface area contributed by atoms with Crippen LogP contribution in [-0.4, -0.2) is 11.9 Å². The highest BCUT2D eigenvalue weighted by molar-refractivity contribution is 5.92. The van der Waals surface area contributed by atoms with Crippen LogP contribution in [0.4, 0.5) is 18.9 Å². The highest BCUT2D eigenvalue weighted by Gasteiger charge is 2.31. The van der Waals surface area contributed by atoms with Gasteiger partial charge in [0.1, 0.15) is 6.07 Å². The summed E-state index contributed by atoms with van der Waals surface area (Å²) in [5.41, 5.74) is 4.41. The van der Waals surface area contributed by atoms with Gasteiger partial charge in [0.2, 0.25) is 5.91 Å². The molecule has 0 aliphatic heterocycles. The van der Waals surface area contributed by atoms with Crippen molar-refractivity contribution in [3.63, 3.8) is 0 Å². The molecule has 1 aromatic carbocycles. The molecule has 1 rings (SSSR count). The Morgan fingerprint density at radius 2 is 2.15 bits per heavy atom. The maximum atomic E-state index is 12.5. The van der Waals surface area contributed by atoms with Crippen molar-refractivity contribution in [3.05, 3.63) is 29.3 Å². The van der Waals surface area contributed by atoms with E-state index >= 15 is 0 Å². The summed E-state index contributed by atoms with van der Waals surface area (Å²) in [5.74, 6) is -0.390. The third-order valence-corrected chi connectivity index (χ3v) is 2.57. The van der Waals surface area contributed by atoms with Gasteiger partial charge >= 0.3 is 6.18 Å². The van der Waals surface area contributed by atoms with E-state index in [-0.39, 0.29) is 23.7 Å². The molecule has 0 aromatic heterocycles. The maximum Gasteiger partial charge on any atom is 0.416 e. The van der Waals surface area contributed by atoms with Crippen molar-refractivity contribution >= 4 is 11.6 Å². The first-order chi connectivity index (χ1) is 9.24. The zero-order chi connectivity index (χ0) is 15.3. The van der Waals surface area contributed by atoms with Crippen molar-refractivity contribution in [1.82, 2.24) is 0 Å². The summed E-state index contributed by atoms with van der Waals surface area (Å²) in [6.07, 6.45) is -3.93. The minimum Gasteiger partial charge on any atom is -0.328 e. The lowest BCUT2D eigenvalue weighted by Gasteiger charge is -2.11. The van der Waals surface area contributed by atoms with Crippen LogP contribution in [0.15, 0.2) is 18.2 Å². The summed E-state index contributed by atoms with van der Waals surface area (Å²) < 4.78 is 37.5. The van der Waals surface area contributed by atoms with Crippen LogP contribution in [0.2, 0.25) is 0 Å². The molecule has 0 bridgehead atoms. The Kier molecular flexibility index (Phi) is 5.11. The summed E-state index contributed by atoms with van der Waals surface area (Å²) in [7, 11) is 0. The Hall–Kier alpha value is -2.07. The number of hydrogen-bond donors (Lipinski definition) is 2. The van der Waals surface area contributed by atoms with Gasteiger partial charge in [-0.2, -0.15) is 18.4 Å². The fraction of sp³-hybridized carbons (Fsp3) is 0.385. The van der Waals surface area contributed by atoms with Gasteiger partial charge < -0.3 is 11.1 Å². The fourth-order valence-corrected chi connectivity index (χ4v) is 1.49. The molecular formula is C13H14F3N3O. The van der Waals surface area contributed by atoms with E-state index in [0.29, 0.717) is 12.5 Å². The standard InChI is InChI=1S/C13H14F3N3O/c1-8(18)2-5-12(20)19-11-4-3-10(13(14,15)16)6-9(11)7-17/h3-4,6,8H,2,5,18H2,1H3,(H,19,20). The van der Waals surface area contributed by atoms with E-state index in [2.05, 4.69) is 5.32 Å². The Bertz CT molecular complexity index is 533. The number of rotatable bonds is 4. The van der Waals surface area contributed by atoms with Gasteiger partial charge in [0.05, 0.1) is 16.8 Å². The second-order valence-corrected chi connectivity index (χ2v) is 4.43. The molecule has 0 heterocycles. The Morgan fingerprint density at radius 3 is 2.65 bits per heavy atom. The minimum atomic E-state index is -4.52. The number of hydrogen-bond acceptors (Lipinski definition) is 3. The van der Waals surface area contributed by atoms with E-state index in [4.69, 9.17) is 11.0 Å². The normalized spacial score (nSPS) is 12.6. The Morgan fingerprint density at radius 1 is 1.50 bits per heavy atom. The van der Waals surface area contributed by atoms with Crippen LogP contribution in [0.5, 0.6) is 0 Å². The maximum absolute atomic E-state index is 12.5. The predicted molar refractivity (Wildman–Crippen MR) is 67.7 cm³/mol. The van der Waals surface area contributed by atoms with Crippen LogP contribution < -0.4 is 11.1 Å². The number of alkyl halides is 3. The first-order valence-corrected chi connectivity index (χ1v) is 5.91. The van der Waals surface area contributed by atoms with Gasteiger partial charge in [-0.25, -0.2) is 0 Å². The second kappa shape index (κ2) is 6.39. The van der Waals surface area contributed by atoms with E-state index in [0.717, 1.165) is 12.1 Å². The second-order valence-electron chi connectivity index (χ2n) is 4.43. The Balaban J connectivity index is 2.87. The SMILES string of the molecule is CC(N)CCC(=O)Nc1ccc(C(F)(F)F)cc1C#N. The molecule has 0 fully saturated rings. The molecule has 0 radical (unpaired) electrons. The quantitative estimate of drug-likeness (QED) is 0.892. The van der Waals surface area contributed by atoms with Gasteiger partial charge in [0.25, 0.3) is 0 Å². The number of nitrogens with one attached hydrogen (secondary N) is 1. The van der Waals surface area contributed by atoms with Crippen molar-refractivity contribution in [2.45, 2.75) is 32.0 Å². The summed E-state index contributed by atoms with van der Waals surface area (Å²) in [4.78, 5) is 11.6. The summed E-state index contributed by atoms with van der Waals surface area (Å²) in [6, 6.07) is 4.10. The fourth-order valence-electron chi connectivity index (χ4n) is 1.49. The monoisotopic (exact) mass is 285 g/mol. The molecule has 20 heavy (non-hydrogen) atoms. The van der Waals surface area contributed by atoms with Crippen LogP contribution >= 0.6 is 0 Å². The lowest BCUT2D eigenvalue weighted by atomic mass is 10.1. The third kappa shape index (κ3) is 4.55. The molecule has 0 aliphatic carbocycles. The number of nitriles is 1. The molecule has 0 spiro atoms. The van der Waals surface area contributed by atoms with Crippen molar-refractivity contribution in [2.75, 3.05) is 5.32 Å². The zero-order valence-electron chi connectivity index (χ0n) is 10.8. The Labute approximate surface area is 114 Å². The minimum absolute atomic E-state index is 0.0650. The van der Waals surface area contributed by atoms with Crippen LogP contribution in [-0.2, 0) is 11.0 Å². The van der Waals surface area contributed by atoms with Crippen molar-refractivity contribution < 1.29 is 18.0 Å². The van der Waals surface area contributed by atoms with Crippen LogP contribution in [0, 0.1) is 11.3 Å². The molecule has 7 heteroatoms. The molecule has 108 valence electrons. The zero-order valence-corrected chi connectivity index (χ0v) is 10.8. The molecule has 4 nitrogen and oxygen atoms in total. The summed E-state index contributed by atoms with van der Waals surface area (Å²) in [5, 5.41) is 11.3. The van der Waals surface area contributed by atoms with E-state index in [9.17, 15) is 18.0 Å². The van der Waals surface area contributed by atoms with E-state index in [1.165, 1.54) is 0 Å². The number of benzene rings is 1. The van der Waals surface area contributed by atoms with Gasteiger partial charge in [-0.3, -0.25) is 4.79 Å². The average molecular weight is 285 g/mol. The predicted octanol–water partition coefficient (Wildman–Crippen LogP) is 2.64. The number of anilines is 1. The molecular weight excluding hydrogens is 271 g/mol. The molecule has 3 N–H and O–H groups in total. The molecule has 1 unspecified atom stereocenters. The van der Waals surface area contributed by atoms with E-state index in [1.807, 2.05) is 0 Å². The van der Waals surface area contributed by atoms with Gasteiger partial charge in [0.15, 0.2) is 0 Å². The summed E-state index contributed by atoms with van der Waals surface area (Å²) >= 11 is 0. The van der Waals surface area contributed by atoms with Crippen LogP contribution in [0.25, 0.3) is 0 Å². The van der Waals surface area contributed by atoms with Gasteiger partial charge in [-0.1, -0.05) is 0 Å². The molecule has 1 atom stereocenters. The first kappa shape index (κ1) is 16.0. The summed E-state index contributed by atoms with van der Waals surface area (Å²) in [6.45, 7) is 1.74. The number of nitrogens with zero attached hydrogens (tertiary/aromatic N) is 1. The highest BCUT2D eigenvalue weighted by Crippen LogP contribution is 2.31. The van der Waals surface area contributed by atoms with Gasteiger partial charge in [-0.05, 0) is 31.5 Å². The first-order valence-electron chi connectivity index (χ1n) is 5.91. The van der Waals surface area contributed by atoms with Crippen LogP contribution in [0.1, 0.15) is 30.9 Å². The highest BCUT2D eigenvalue weighted by atomic mass is 19.4. The van der Waals surface area contributed by atoms with Crippen molar-refractivity contribution in [2.24, 2.45) is 5.73 Å². The molecule has 0 saturated heterocycles. The topological polar surface area (TPSA) is 78.9 Å². The number of carbonyl (C=O) groups excluding carboxylic acids is 1. The van der Waals surface area contributed by atoms with Crippen molar-refractivity contribution in [1.29, 1.82) is 5.26 Å². The number of halogens is 3. The number of nitrogens with two attached hydrogens (primary N) is 1. The van der Waals surface area contributed by atoms with E-state index < -0.39 is 17.6 Å². The van der Waals surface area contributed by atoms with Gasteiger partial charge in [0, 0.05) is 12.5 Å². The molecule has 1 amide bonds. The number of carbonyl (C=O) groups is 1. The smallest absolute Gasteiger partial charge is 0.328 e. The largest absolute Gasteiger partial charge is 0.416 e. The molecule has 1 aromatic rings. The van der Waals surface area contributed by atoms with E-state index in [1.54, 1.807) is 13.0 Å². The molecule has 0 aliphatic rings. The molecule has 0 saturated carbocycles. The van der Waals surface area contributed by atoms with Crippen LogP contribution in [0.3, 0.4) is 0 Å².